The van der Waals surface area contributed by atoms with Crippen molar-refractivity contribution in [3.05, 3.63) is 22.7 Å². The molecule has 0 bridgehead atoms. The summed E-state index contributed by atoms with van der Waals surface area (Å²) >= 11 is 3.16. The highest BCUT2D eigenvalue weighted by molar-refractivity contribution is 9.10. The van der Waals surface area contributed by atoms with E-state index >= 15 is 0 Å². The lowest BCUT2D eigenvalue weighted by Crippen LogP contribution is -2.04. The molecule has 1 unspecified atom stereocenters. The molecule has 0 radical (unpaired) electrons. The van der Waals surface area contributed by atoms with Crippen molar-refractivity contribution >= 4 is 21.9 Å². The van der Waals surface area contributed by atoms with Crippen molar-refractivity contribution in [1.29, 1.82) is 0 Å². The number of hydrogen-bond acceptors (Lipinski definition) is 3. The first-order valence-electron chi connectivity index (χ1n) is 3.79. The second kappa shape index (κ2) is 4.32. The van der Waals surface area contributed by atoms with Crippen molar-refractivity contribution in [3.8, 4) is 0 Å². The van der Waals surface area contributed by atoms with Gasteiger partial charge in [0.05, 0.1) is 24.5 Å². The summed E-state index contributed by atoms with van der Waals surface area (Å²) in [4.78, 5) is 18.4. The van der Waals surface area contributed by atoms with Gasteiger partial charge in [-0.15, -0.1) is 0 Å². The summed E-state index contributed by atoms with van der Waals surface area (Å²) in [5.74, 6) is -0.921. The van der Waals surface area contributed by atoms with Crippen molar-refractivity contribution in [2.75, 3.05) is 0 Å². The molecule has 4 nitrogen and oxygen atoms in total. The fraction of sp³-hybridized carbons (Fsp3) is 0.375. The van der Waals surface area contributed by atoms with E-state index in [2.05, 4.69) is 25.9 Å². The fourth-order valence-electron chi connectivity index (χ4n) is 0.943. The number of hydrogen-bond donors (Lipinski definition) is 1. The van der Waals surface area contributed by atoms with Crippen LogP contribution in [0.2, 0.25) is 0 Å². The molecule has 0 saturated carbocycles. The van der Waals surface area contributed by atoms with Crippen LogP contribution in [-0.4, -0.2) is 21.0 Å². The normalized spacial score (nSPS) is 12.5. The summed E-state index contributed by atoms with van der Waals surface area (Å²) in [6.45, 7) is 1.81. The second-order valence-corrected chi connectivity index (χ2v) is 3.58. The largest absolute Gasteiger partial charge is 0.481 e. The van der Waals surface area contributed by atoms with Crippen LogP contribution in [0.15, 0.2) is 17.0 Å². The van der Waals surface area contributed by atoms with Crippen LogP contribution in [0.4, 0.5) is 0 Å². The van der Waals surface area contributed by atoms with Gasteiger partial charge in [-0.3, -0.25) is 9.78 Å². The molecule has 1 rings (SSSR count). The maximum Gasteiger partial charge on any atom is 0.304 e. The number of carboxylic acids is 1. The van der Waals surface area contributed by atoms with Crippen LogP contribution in [0.25, 0.3) is 0 Å². The van der Waals surface area contributed by atoms with E-state index in [1.54, 1.807) is 12.4 Å². The predicted octanol–water partition coefficient (Wildman–Crippen LogP) is 1.82. The van der Waals surface area contributed by atoms with E-state index in [0.717, 1.165) is 0 Å². The van der Waals surface area contributed by atoms with Gasteiger partial charge in [-0.2, -0.15) is 0 Å². The first-order chi connectivity index (χ1) is 6.09. The first-order valence-corrected chi connectivity index (χ1v) is 4.58. The molecule has 1 aromatic heterocycles. The Labute approximate surface area is 84.2 Å². The zero-order valence-electron chi connectivity index (χ0n) is 7.07. The topological polar surface area (TPSA) is 63.1 Å². The Bertz CT molecular complexity index is 300. The Morgan fingerprint density at radius 1 is 1.62 bits per heavy atom. The molecule has 0 aliphatic rings. The van der Waals surface area contributed by atoms with Gasteiger partial charge in [0.2, 0.25) is 0 Å². The average Bonchev–Trinajstić information content (AvgIpc) is 2.04. The lowest BCUT2D eigenvalue weighted by Gasteiger charge is -2.06. The number of rotatable bonds is 3. The highest BCUT2D eigenvalue weighted by Crippen LogP contribution is 2.16. The van der Waals surface area contributed by atoms with Gasteiger partial charge in [0.25, 0.3) is 0 Å². The Hall–Kier alpha value is -0.970. The predicted molar refractivity (Wildman–Crippen MR) is 50.4 cm³/mol. The molecule has 0 saturated heterocycles. The standard InChI is InChI=1S/C8H9BrN2O2/c1-5(2-8(12)13)6-3-11-7(9)4-10-6/h3-5H,2H2,1H3,(H,12,13). The van der Waals surface area contributed by atoms with Gasteiger partial charge in [-0.05, 0) is 15.9 Å². The SMILES string of the molecule is CC(CC(=O)O)c1cnc(Br)cn1. The van der Waals surface area contributed by atoms with Crippen LogP contribution in [0, 0.1) is 0 Å². The van der Waals surface area contributed by atoms with Crippen molar-refractivity contribution in [1.82, 2.24) is 9.97 Å². The lowest BCUT2D eigenvalue weighted by atomic mass is 10.1. The quantitative estimate of drug-likeness (QED) is 0.882. The van der Waals surface area contributed by atoms with Gasteiger partial charge < -0.3 is 5.11 Å². The zero-order valence-corrected chi connectivity index (χ0v) is 8.65. The summed E-state index contributed by atoms with van der Waals surface area (Å²) in [6, 6.07) is 0. The minimum Gasteiger partial charge on any atom is -0.481 e. The lowest BCUT2D eigenvalue weighted by molar-refractivity contribution is -0.137. The smallest absolute Gasteiger partial charge is 0.304 e. The molecule has 70 valence electrons. The number of carboxylic acid groups (broad SMARTS) is 1. The van der Waals surface area contributed by atoms with Crippen LogP contribution in [0.3, 0.4) is 0 Å². The van der Waals surface area contributed by atoms with Crippen LogP contribution in [-0.2, 0) is 4.79 Å². The third-order valence-electron chi connectivity index (χ3n) is 1.63. The van der Waals surface area contributed by atoms with Crippen molar-refractivity contribution < 1.29 is 9.90 Å². The number of carbonyl (C=O) groups is 1. The first kappa shape index (κ1) is 10.1. The van der Waals surface area contributed by atoms with Crippen molar-refractivity contribution in [3.63, 3.8) is 0 Å². The Balaban J connectivity index is 2.71. The third kappa shape index (κ3) is 3.10. The maximum absolute atomic E-state index is 10.4. The fourth-order valence-corrected chi connectivity index (χ4v) is 1.15. The van der Waals surface area contributed by atoms with E-state index in [4.69, 9.17) is 5.11 Å². The molecular weight excluding hydrogens is 236 g/mol. The van der Waals surface area contributed by atoms with Crippen LogP contribution < -0.4 is 0 Å². The van der Waals surface area contributed by atoms with Gasteiger partial charge in [-0.25, -0.2) is 4.98 Å². The molecule has 1 heterocycles. The summed E-state index contributed by atoms with van der Waals surface area (Å²) in [7, 11) is 0. The molecule has 0 aromatic carbocycles. The molecule has 0 spiro atoms. The van der Waals surface area contributed by atoms with Crippen molar-refractivity contribution in [2.24, 2.45) is 0 Å². The molecular formula is C8H9BrN2O2. The van der Waals surface area contributed by atoms with Gasteiger partial charge >= 0.3 is 5.97 Å². The molecule has 1 N–H and O–H groups in total. The van der Waals surface area contributed by atoms with E-state index < -0.39 is 5.97 Å². The van der Waals surface area contributed by atoms with Crippen LogP contribution in [0.1, 0.15) is 25.0 Å². The summed E-state index contributed by atoms with van der Waals surface area (Å²) in [6.07, 6.45) is 3.22. The molecule has 1 aromatic rings. The van der Waals surface area contributed by atoms with E-state index in [1.165, 1.54) is 0 Å². The van der Waals surface area contributed by atoms with E-state index in [1.807, 2.05) is 6.92 Å². The number of aliphatic carboxylic acids is 1. The van der Waals surface area contributed by atoms with Crippen molar-refractivity contribution in [2.45, 2.75) is 19.3 Å². The van der Waals surface area contributed by atoms with E-state index in [9.17, 15) is 4.79 Å². The highest BCUT2D eigenvalue weighted by Gasteiger charge is 2.11. The number of halogens is 1. The second-order valence-electron chi connectivity index (χ2n) is 2.76. The molecule has 1 atom stereocenters. The Morgan fingerprint density at radius 3 is 2.77 bits per heavy atom. The monoisotopic (exact) mass is 244 g/mol. The van der Waals surface area contributed by atoms with Gasteiger partial charge in [-0.1, -0.05) is 6.92 Å². The van der Waals surface area contributed by atoms with E-state index in [0.29, 0.717) is 10.3 Å². The molecule has 13 heavy (non-hydrogen) atoms. The van der Waals surface area contributed by atoms with E-state index in [-0.39, 0.29) is 12.3 Å². The third-order valence-corrected chi connectivity index (χ3v) is 2.04. The summed E-state index contributed by atoms with van der Waals surface area (Å²) in [5, 5.41) is 8.54. The van der Waals surface area contributed by atoms with Crippen LogP contribution in [0.5, 0.6) is 0 Å². The average molecular weight is 245 g/mol. The van der Waals surface area contributed by atoms with Gasteiger partial charge in [0.1, 0.15) is 4.60 Å². The number of aromatic nitrogens is 2. The summed E-state index contributed by atoms with van der Waals surface area (Å²) < 4.78 is 0.652. The number of nitrogens with zero attached hydrogens (tertiary/aromatic N) is 2. The minimum absolute atomic E-state index is 0.0797. The molecule has 0 aliphatic heterocycles. The Morgan fingerprint density at radius 2 is 2.31 bits per heavy atom. The summed E-state index contributed by atoms with van der Waals surface area (Å²) in [5.41, 5.74) is 0.700. The zero-order chi connectivity index (χ0) is 9.84. The molecule has 0 aliphatic carbocycles. The maximum atomic E-state index is 10.4. The van der Waals surface area contributed by atoms with Gasteiger partial charge in [0.15, 0.2) is 0 Å². The van der Waals surface area contributed by atoms with Crippen LogP contribution >= 0.6 is 15.9 Å². The highest BCUT2D eigenvalue weighted by atomic mass is 79.9. The molecule has 5 heteroatoms. The van der Waals surface area contributed by atoms with Gasteiger partial charge in [0, 0.05) is 5.92 Å². The minimum atomic E-state index is -0.822. The Kier molecular flexibility index (Phi) is 3.36. The molecule has 0 amide bonds. The molecule has 0 fully saturated rings.